The van der Waals surface area contributed by atoms with Gasteiger partial charge in [0.05, 0.1) is 0 Å². The van der Waals surface area contributed by atoms with Crippen LogP contribution in [0.2, 0.25) is 0 Å². The normalized spacial score (nSPS) is 12.9. The second kappa shape index (κ2) is 65.3. The van der Waals surface area contributed by atoms with Gasteiger partial charge in [-0.1, -0.05) is 284 Å². The van der Waals surface area contributed by atoms with Crippen molar-refractivity contribution in [1.82, 2.24) is 0 Å². The highest BCUT2D eigenvalue weighted by atomic mass is 16.6. The monoisotopic (exact) mass is 1080 g/mol. The van der Waals surface area contributed by atoms with Crippen molar-refractivity contribution in [2.45, 2.75) is 303 Å². The standard InChI is InChI=1S/C72H120O6/c1-4-7-10-13-16-19-22-24-26-28-30-31-32-33-34-35-36-37-38-39-40-41-42-44-45-47-50-53-56-59-62-65-71(74)77-68-69(67-76-70(73)64-61-58-55-52-49-21-18-15-12-9-6-3)78-72(75)66-63-60-57-54-51-48-46-43-29-27-25-23-20-17-14-11-8-5-2/h7,10,16,19-20,23-24,26-27,29-31,33-34,36-37,39-40,42,44,69H,4-6,8-9,11-15,17-18,21-22,25,28,32,35,38,41,43,45-68H2,1-3H3/b10-7-,19-16-,23-20-,26-24-,29-27-,31-30-,34-33-,37-36-,40-39-,44-42-. The molecule has 0 aliphatic carbocycles. The second-order valence-electron chi connectivity index (χ2n) is 21.3. The first-order chi connectivity index (χ1) is 38.5. The third kappa shape index (κ3) is 62.7. The van der Waals surface area contributed by atoms with Crippen LogP contribution in [0, 0.1) is 0 Å². The molecule has 0 aromatic heterocycles. The van der Waals surface area contributed by atoms with E-state index < -0.39 is 6.10 Å². The summed E-state index contributed by atoms with van der Waals surface area (Å²) in [5.41, 5.74) is 0. The molecule has 0 spiro atoms. The second-order valence-corrected chi connectivity index (χ2v) is 21.3. The van der Waals surface area contributed by atoms with Gasteiger partial charge in [-0.25, -0.2) is 0 Å². The van der Waals surface area contributed by atoms with Crippen molar-refractivity contribution in [3.8, 4) is 0 Å². The van der Waals surface area contributed by atoms with Crippen LogP contribution in [-0.2, 0) is 28.6 Å². The van der Waals surface area contributed by atoms with Crippen LogP contribution in [0.3, 0.4) is 0 Å². The van der Waals surface area contributed by atoms with Crippen LogP contribution in [0.25, 0.3) is 0 Å². The largest absolute Gasteiger partial charge is 0.462 e. The number of allylic oxidation sites excluding steroid dienone is 20. The van der Waals surface area contributed by atoms with Crippen molar-refractivity contribution in [1.29, 1.82) is 0 Å². The zero-order valence-corrected chi connectivity index (χ0v) is 50.9. The van der Waals surface area contributed by atoms with E-state index in [0.29, 0.717) is 19.3 Å². The molecule has 1 unspecified atom stereocenters. The van der Waals surface area contributed by atoms with Crippen LogP contribution in [0.1, 0.15) is 297 Å². The van der Waals surface area contributed by atoms with Gasteiger partial charge in [-0.15, -0.1) is 0 Å². The number of carbonyl (C=O) groups excluding carboxylic acids is 3. The molecule has 0 bridgehead atoms. The van der Waals surface area contributed by atoms with E-state index in [9.17, 15) is 14.4 Å². The maximum atomic E-state index is 12.9. The first-order valence-electron chi connectivity index (χ1n) is 32.5. The van der Waals surface area contributed by atoms with Gasteiger partial charge in [-0.3, -0.25) is 14.4 Å². The van der Waals surface area contributed by atoms with E-state index in [1.54, 1.807) is 0 Å². The Morgan fingerprint density at radius 1 is 0.269 bits per heavy atom. The van der Waals surface area contributed by atoms with E-state index >= 15 is 0 Å². The van der Waals surface area contributed by atoms with Gasteiger partial charge < -0.3 is 14.2 Å². The highest BCUT2D eigenvalue weighted by molar-refractivity contribution is 5.71. The highest BCUT2D eigenvalue weighted by Gasteiger charge is 2.19. The van der Waals surface area contributed by atoms with Gasteiger partial charge >= 0.3 is 17.9 Å². The molecule has 0 aliphatic rings. The smallest absolute Gasteiger partial charge is 0.306 e. The van der Waals surface area contributed by atoms with Gasteiger partial charge in [0.15, 0.2) is 6.10 Å². The molecule has 6 nitrogen and oxygen atoms in total. The molecule has 0 saturated carbocycles. The predicted molar refractivity (Wildman–Crippen MR) is 339 cm³/mol. The topological polar surface area (TPSA) is 78.9 Å². The first-order valence-corrected chi connectivity index (χ1v) is 32.5. The fourth-order valence-electron chi connectivity index (χ4n) is 8.84. The van der Waals surface area contributed by atoms with Gasteiger partial charge in [0, 0.05) is 19.3 Å². The molecule has 0 rings (SSSR count). The van der Waals surface area contributed by atoms with E-state index in [1.807, 2.05) is 0 Å². The van der Waals surface area contributed by atoms with Gasteiger partial charge in [-0.2, -0.15) is 0 Å². The van der Waals surface area contributed by atoms with Crippen molar-refractivity contribution < 1.29 is 28.6 Å². The zero-order valence-electron chi connectivity index (χ0n) is 50.9. The fraction of sp³-hybridized carbons (Fsp3) is 0.681. The number of esters is 3. The summed E-state index contributed by atoms with van der Waals surface area (Å²) in [6.07, 6.45) is 90.6. The Bertz CT molecular complexity index is 1620. The summed E-state index contributed by atoms with van der Waals surface area (Å²) in [5, 5.41) is 0. The average molecular weight is 1080 g/mol. The molecule has 1 atom stereocenters. The molecule has 0 aromatic carbocycles. The lowest BCUT2D eigenvalue weighted by Crippen LogP contribution is -2.30. The van der Waals surface area contributed by atoms with E-state index in [1.165, 1.54) is 122 Å². The lowest BCUT2D eigenvalue weighted by molar-refractivity contribution is -0.167. The van der Waals surface area contributed by atoms with E-state index in [4.69, 9.17) is 14.2 Å². The summed E-state index contributed by atoms with van der Waals surface area (Å²) < 4.78 is 16.9. The van der Waals surface area contributed by atoms with Gasteiger partial charge in [0.2, 0.25) is 0 Å². The number of hydrogen-bond donors (Lipinski definition) is 0. The number of unbranched alkanes of at least 4 members (excludes halogenated alkanes) is 27. The molecular weight excluding hydrogens is 961 g/mol. The third-order valence-electron chi connectivity index (χ3n) is 13.7. The number of hydrogen-bond acceptors (Lipinski definition) is 6. The Balaban J connectivity index is 4.31. The lowest BCUT2D eigenvalue weighted by atomic mass is 10.1. The number of carbonyl (C=O) groups is 3. The van der Waals surface area contributed by atoms with Crippen molar-refractivity contribution in [2.24, 2.45) is 0 Å². The van der Waals surface area contributed by atoms with Crippen LogP contribution in [-0.4, -0.2) is 37.2 Å². The Kier molecular flexibility index (Phi) is 61.8. The van der Waals surface area contributed by atoms with E-state index in [2.05, 4.69) is 142 Å². The number of rotatable bonds is 58. The molecule has 0 aromatic rings. The predicted octanol–water partition coefficient (Wildman–Crippen LogP) is 22.4. The minimum atomic E-state index is -0.790. The lowest BCUT2D eigenvalue weighted by Gasteiger charge is -2.18. The molecule has 0 fully saturated rings. The molecule has 0 aliphatic heterocycles. The van der Waals surface area contributed by atoms with Crippen LogP contribution in [0.5, 0.6) is 0 Å². The molecule has 444 valence electrons. The molecule has 78 heavy (non-hydrogen) atoms. The molecule has 0 amide bonds. The summed E-state index contributed by atoms with van der Waals surface area (Å²) in [6, 6.07) is 0. The Labute approximate surface area is 482 Å². The summed E-state index contributed by atoms with van der Waals surface area (Å²) in [6.45, 7) is 6.50. The Morgan fingerprint density at radius 2 is 0.500 bits per heavy atom. The molecule has 0 saturated heterocycles. The van der Waals surface area contributed by atoms with Crippen molar-refractivity contribution in [3.63, 3.8) is 0 Å². The maximum Gasteiger partial charge on any atom is 0.306 e. The Morgan fingerprint density at radius 3 is 0.795 bits per heavy atom. The van der Waals surface area contributed by atoms with E-state index in [-0.39, 0.29) is 31.1 Å². The first kappa shape index (κ1) is 73.8. The van der Waals surface area contributed by atoms with Gasteiger partial charge in [-0.05, 0) is 116 Å². The average Bonchev–Trinajstić information content (AvgIpc) is 3.44. The molecule has 0 radical (unpaired) electrons. The molecule has 6 heteroatoms. The third-order valence-corrected chi connectivity index (χ3v) is 13.7. The van der Waals surface area contributed by atoms with E-state index in [0.717, 1.165) is 135 Å². The van der Waals surface area contributed by atoms with Crippen LogP contribution in [0.4, 0.5) is 0 Å². The maximum absolute atomic E-state index is 12.9. The van der Waals surface area contributed by atoms with Crippen molar-refractivity contribution >= 4 is 17.9 Å². The minimum Gasteiger partial charge on any atom is -0.462 e. The molecular formula is C72H120O6. The van der Waals surface area contributed by atoms with Crippen LogP contribution >= 0.6 is 0 Å². The Hall–Kier alpha value is -4.19. The van der Waals surface area contributed by atoms with Crippen molar-refractivity contribution in [3.05, 3.63) is 122 Å². The number of ether oxygens (including phenoxy) is 3. The van der Waals surface area contributed by atoms with Gasteiger partial charge in [0.1, 0.15) is 13.2 Å². The molecule has 0 heterocycles. The summed E-state index contributed by atoms with van der Waals surface area (Å²) in [4.78, 5) is 38.3. The highest BCUT2D eigenvalue weighted by Crippen LogP contribution is 2.15. The quantitative estimate of drug-likeness (QED) is 0.0261. The van der Waals surface area contributed by atoms with Crippen LogP contribution < -0.4 is 0 Å². The molecule has 0 N–H and O–H groups in total. The zero-order chi connectivity index (χ0) is 56.4. The van der Waals surface area contributed by atoms with Crippen molar-refractivity contribution in [2.75, 3.05) is 13.2 Å². The van der Waals surface area contributed by atoms with Crippen LogP contribution in [0.15, 0.2) is 122 Å². The minimum absolute atomic E-state index is 0.0855. The van der Waals surface area contributed by atoms with Gasteiger partial charge in [0.25, 0.3) is 0 Å². The summed E-state index contributed by atoms with van der Waals surface area (Å²) in [5.74, 6) is -0.904. The summed E-state index contributed by atoms with van der Waals surface area (Å²) >= 11 is 0. The summed E-state index contributed by atoms with van der Waals surface area (Å²) in [7, 11) is 0. The fourth-order valence-corrected chi connectivity index (χ4v) is 8.84. The SMILES string of the molecule is CC/C=C\C/C=C\C/C=C\C/C=C\C/C=C\C/C=C\C/C=C\C/C=C\CCCCCCCCC(=O)OCC(COC(=O)CCCCCCCCCCCCC)OC(=O)CCCCCCCCC/C=C\C/C=C\CCCCCC.